The number of rotatable bonds is 29. The molecule has 0 aliphatic heterocycles. The first kappa shape index (κ1) is 33.4. The summed E-state index contributed by atoms with van der Waals surface area (Å²) < 4.78 is 0. The zero-order chi connectivity index (χ0) is 25.0. The van der Waals surface area contributed by atoms with Gasteiger partial charge in [-0.2, -0.15) is 0 Å². The fourth-order valence-electron chi connectivity index (χ4n) is 4.97. The Bertz CT molecular complexity index is 396. The van der Waals surface area contributed by atoms with Crippen LogP contribution in [0, 0.1) is 11.3 Å². The summed E-state index contributed by atoms with van der Waals surface area (Å²) in [5.74, 6) is 0.616. The van der Waals surface area contributed by atoms with E-state index in [1.54, 1.807) is 0 Å². The molecule has 0 fully saturated rings. The smallest absolute Gasteiger partial charge is 0.0949 e. The van der Waals surface area contributed by atoms with E-state index in [0.717, 1.165) is 19.5 Å². The fourth-order valence-corrected chi connectivity index (χ4v) is 4.97. The molecule has 0 heterocycles. The SMILES string of the molecule is CCCCCCCCCCCCCCNCC(CCCCCCCCCCCCCC)C(=N)N. The third kappa shape index (κ3) is 26.0. The van der Waals surface area contributed by atoms with Crippen molar-refractivity contribution in [1.29, 1.82) is 5.41 Å². The van der Waals surface area contributed by atoms with Crippen LogP contribution in [0.15, 0.2) is 0 Å². The molecule has 0 aromatic heterocycles. The number of nitrogens with one attached hydrogen (secondary N) is 2. The summed E-state index contributed by atoms with van der Waals surface area (Å²) in [7, 11) is 0. The first-order valence-electron chi connectivity index (χ1n) is 15.8. The van der Waals surface area contributed by atoms with Crippen LogP contribution in [-0.2, 0) is 0 Å². The molecule has 0 aliphatic rings. The topological polar surface area (TPSA) is 61.9 Å². The van der Waals surface area contributed by atoms with E-state index in [-0.39, 0.29) is 5.92 Å². The Labute approximate surface area is 215 Å². The van der Waals surface area contributed by atoms with Gasteiger partial charge in [-0.1, -0.05) is 162 Å². The van der Waals surface area contributed by atoms with E-state index in [9.17, 15) is 0 Å². The third-order valence-electron chi connectivity index (χ3n) is 7.44. The van der Waals surface area contributed by atoms with E-state index in [0.29, 0.717) is 5.84 Å². The van der Waals surface area contributed by atoms with E-state index in [1.165, 1.54) is 154 Å². The van der Waals surface area contributed by atoms with Crippen LogP contribution in [0.3, 0.4) is 0 Å². The Hall–Kier alpha value is -0.570. The monoisotopic (exact) mass is 480 g/mol. The van der Waals surface area contributed by atoms with Crippen LogP contribution < -0.4 is 11.1 Å². The van der Waals surface area contributed by atoms with Gasteiger partial charge in [0, 0.05) is 12.5 Å². The van der Waals surface area contributed by atoms with E-state index in [2.05, 4.69) is 19.2 Å². The predicted octanol–water partition coefficient (Wildman–Crippen LogP) is 9.92. The lowest BCUT2D eigenvalue weighted by molar-refractivity contribution is 0.485. The number of amidine groups is 1. The van der Waals surface area contributed by atoms with Crippen molar-refractivity contribution in [3.63, 3.8) is 0 Å². The number of hydrogen-bond donors (Lipinski definition) is 3. The maximum atomic E-state index is 7.92. The van der Waals surface area contributed by atoms with Crippen LogP contribution in [-0.4, -0.2) is 18.9 Å². The molecule has 0 aliphatic carbocycles. The van der Waals surface area contributed by atoms with Crippen LogP contribution in [0.1, 0.15) is 174 Å². The van der Waals surface area contributed by atoms with Crippen LogP contribution in [0.4, 0.5) is 0 Å². The third-order valence-corrected chi connectivity index (χ3v) is 7.44. The lowest BCUT2D eigenvalue weighted by Crippen LogP contribution is -2.33. The van der Waals surface area contributed by atoms with Gasteiger partial charge in [-0.15, -0.1) is 0 Å². The quantitative estimate of drug-likeness (QED) is 0.0567. The average Bonchev–Trinajstić information content (AvgIpc) is 2.83. The largest absolute Gasteiger partial charge is 0.387 e. The molecule has 0 saturated heterocycles. The highest BCUT2D eigenvalue weighted by molar-refractivity contribution is 5.79. The highest BCUT2D eigenvalue weighted by Crippen LogP contribution is 2.15. The Morgan fingerprint density at radius 1 is 0.529 bits per heavy atom. The molecular weight excluding hydrogens is 414 g/mol. The summed E-state index contributed by atoms with van der Waals surface area (Å²) in [5.41, 5.74) is 5.87. The van der Waals surface area contributed by atoms with E-state index >= 15 is 0 Å². The van der Waals surface area contributed by atoms with Crippen molar-refractivity contribution in [1.82, 2.24) is 5.32 Å². The van der Waals surface area contributed by atoms with Gasteiger partial charge >= 0.3 is 0 Å². The number of nitrogens with two attached hydrogens (primary N) is 1. The fraction of sp³-hybridized carbons (Fsp3) is 0.968. The van der Waals surface area contributed by atoms with Crippen molar-refractivity contribution in [3.8, 4) is 0 Å². The highest BCUT2D eigenvalue weighted by Gasteiger charge is 2.11. The van der Waals surface area contributed by atoms with Crippen LogP contribution in [0.2, 0.25) is 0 Å². The van der Waals surface area contributed by atoms with E-state index < -0.39 is 0 Å². The molecule has 0 bridgehead atoms. The summed E-state index contributed by atoms with van der Waals surface area (Å²) in [6.07, 6.45) is 34.5. The Balaban J connectivity index is 3.40. The van der Waals surface area contributed by atoms with Crippen LogP contribution in [0.25, 0.3) is 0 Å². The second-order valence-corrected chi connectivity index (χ2v) is 10.9. The normalized spacial score (nSPS) is 12.3. The standard InChI is InChI=1S/C31H65N3/c1-3-5-7-9-11-13-15-17-19-21-23-25-27-30(31(32)33)29-34-28-26-24-22-20-18-16-14-12-10-8-6-4-2/h30,34H,3-29H2,1-2H3,(H3,32,33). The molecule has 3 nitrogen and oxygen atoms in total. The molecule has 0 aromatic carbocycles. The number of unbranched alkanes of at least 4 members (excludes halogenated alkanes) is 22. The van der Waals surface area contributed by atoms with Crippen LogP contribution >= 0.6 is 0 Å². The zero-order valence-electron chi connectivity index (χ0n) is 23.7. The van der Waals surface area contributed by atoms with Crippen molar-refractivity contribution in [3.05, 3.63) is 0 Å². The second kappa shape index (κ2) is 28.7. The first-order chi connectivity index (χ1) is 16.7. The lowest BCUT2D eigenvalue weighted by Gasteiger charge is -2.16. The molecule has 3 heteroatoms. The molecule has 0 amide bonds. The van der Waals surface area contributed by atoms with Crippen molar-refractivity contribution in [2.75, 3.05) is 13.1 Å². The summed E-state index contributed by atoms with van der Waals surface area (Å²) in [6.45, 7) is 6.55. The molecular formula is C31H65N3. The van der Waals surface area contributed by atoms with Crippen LogP contribution in [0.5, 0.6) is 0 Å². The predicted molar refractivity (Wildman–Crippen MR) is 155 cm³/mol. The average molecular weight is 480 g/mol. The lowest BCUT2D eigenvalue weighted by atomic mass is 9.98. The molecule has 1 atom stereocenters. The molecule has 204 valence electrons. The minimum atomic E-state index is 0.237. The Morgan fingerprint density at radius 2 is 0.853 bits per heavy atom. The van der Waals surface area contributed by atoms with Gasteiger partial charge in [0.15, 0.2) is 0 Å². The van der Waals surface area contributed by atoms with E-state index in [1.807, 2.05) is 0 Å². The van der Waals surface area contributed by atoms with Crippen molar-refractivity contribution in [2.45, 2.75) is 174 Å². The Morgan fingerprint density at radius 3 is 1.21 bits per heavy atom. The number of hydrogen-bond acceptors (Lipinski definition) is 2. The molecule has 0 aromatic rings. The van der Waals surface area contributed by atoms with Gasteiger partial charge in [0.05, 0.1) is 5.84 Å². The van der Waals surface area contributed by atoms with Crippen molar-refractivity contribution < 1.29 is 0 Å². The first-order valence-corrected chi connectivity index (χ1v) is 15.8. The molecule has 4 N–H and O–H groups in total. The second-order valence-electron chi connectivity index (χ2n) is 10.9. The molecule has 0 rings (SSSR count). The molecule has 1 unspecified atom stereocenters. The van der Waals surface area contributed by atoms with Gasteiger partial charge in [-0.05, 0) is 19.4 Å². The molecule has 0 radical (unpaired) electrons. The Kier molecular flexibility index (Phi) is 28.2. The van der Waals surface area contributed by atoms with Crippen molar-refractivity contribution >= 4 is 5.84 Å². The molecule has 34 heavy (non-hydrogen) atoms. The minimum absolute atomic E-state index is 0.237. The van der Waals surface area contributed by atoms with E-state index in [4.69, 9.17) is 11.1 Å². The highest BCUT2D eigenvalue weighted by atomic mass is 14.9. The maximum absolute atomic E-state index is 7.92. The molecule has 0 saturated carbocycles. The minimum Gasteiger partial charge on any atom is -0.387 e. The zero-order valence-corrected chi connectivity index (χ0v) is 23.7. The summed E-state index contributed by atoms with van der Waals surface area (Å²) in [5, 5.41) is 11.5. The summed E-state index contributed by atoms with van der Waals surface area (Å²) in [4.78, 5) is 0. The van der Waals surface area contributed by atoms with Gasteiger partial charge in [0.1, 0.15) is 0 Å². The maximum Gasteiger partial charge on any atom is 0.0949 e. The van der Waals surface area contributed by atoms with Gasteiger partial charge in [-0.3, -0.25) is 5.41 Å². The van der Waals surface area contributed by atoms with Crippen molar-refractivity contribution in [2.24, 2.45) is 11.7 Å². The summed E-state index contributed by atoms with van der Waals surface area (Å²) >= 11 is 0. The molecule has 0 spiro atoms. The van der Waals surface area contributed by atoms with Gasteiger partial charge < -0.3 is 11.1 Å². The van der Waals surface area contributed by atoms with Gasteiger partial charge in [0.2, 0.25) is 0 Å². The van der Waals surface area contributed by atoms with Gasteiger partial charge in [0.25, 0.3) is 0 Å². The summed E-state index contributed by atoms with van der Waals surface area (Å²) in [6, 6.07) is 0. The van der Waals surface area contributed by atoms with Gasteiger partial charge in [-0.25, -0.2) is 0 Å².